The van der Waals surface area contributed by atoms with Crippen LogP contribution in [0.4, 0.5) is 0 Å². The van der Waals surface area contributed by atoms with Crippen molar-refractivity contribution in [1.29, 1.82) is 0 Å². The summed E-state index contributed by atoms with van der Waals surface area (Å²) in [6.45, 7) is 6.17. The molecule has 0 aliphatic carbocycles. The quantitative estimate of drug-likeness (QED) is 0.812. The van der Waals surface area contributed by atoms with Gasteiger partial charge in [-0.05, 0) is 31.7 Å². The van der Waals surface area contributed by atoms with Gasteiger partial charge in [0.2, 0.25) is 5.91 Å². The SMILES string of the molecule is CCC(C)(C)NC(=O)CSCc1csc(-c2cccs2)n1. The van der Waals surface area contributed by atoms with Crippen molar-refractivity contribution < 1.29 is 4.79 Å². The van der Waals surface area contributed by atoms with E-state index in [1.165, 1.54) is 4.88 Å². The first kappa shape index (κ1) is 16.5. The number of thiazole rings is 1. The molecule has 0 spiro atoms. The number of amides is 1. The highest BCUT2D eigenvalue weighted by Crippen LogP contribution is 2.28. The molecule has 0 fully saturated rings. The van der Waals surface area contributed by atoms with Crippen molar-refractivity contribution >= 4 is 40.3 Å². The molecule has 2 rings (SSSR count). The molecule has 0 atom stereocenters. The molecule has 2 heterocycles. The molecule has 114 valence electrons. The number of aromatic nitrogens is 1. The third-order valence-electron chi connectivity index (χ3n) is 3.13. The van der Waals surface area contributed by atoms with E-state index in [4.69, 9.17) is 0 Å². The van der Waals surface area contributed by atoms with Gasteiger partial charge in [0.1, 0.15) is 5.01 Å². The lowest BCUT2D eigenvalue weighted by Gasteiger charge is -2.24. The number of nitrogens with zero attached hydrogens (tertiary/aromatic N) is 1. The average Bonchev–Trinajstić information content (AvgIpc) is 3.08. The van der Waals surface area contributed by atoms with Gasteiger partial charge in [-0.2, -0.15) is 0 Å². The van der Waals surface area contributed by atoms with E-state index >= 15 is 0 Å². The molecule has 1 N–H and O–H groups in total. The van der Waals surface area contributed by atoms with Crippen LogP contribution in [-0.4, -0.2) is 22.2 Å². The van der Waals surface area contributed by atoms with Crippen molar-refractivity contribution in [1.82, 2.24) is 10.3 Å². The predicted molar refractivity (Wildman–Crippen MR) is 94.1 cm³/mol. The maximum absolute atomic E-state index is 11.9. The van der Waals surface area contributed by atoms with Crippen molar-refractivity contribution in [3.63, 3.8) is 0 Å². The van der Waals surface area contributed by atoms with Crippen LogP contribution >= 0.6 is 34.4 Å². The minimum absolute atomic E-state index is 0.0977. The largest absolute Gasteiger partial charge is 0.351 e. The van der Waals surface area contributed by atoms with Crippen LogP contribution in [0.15, 0.2) is 22.9 Å². The molecule has 2 aromatic rings. The van der Waals surface area contributed by atoms with Gasteiger partial charge < -0.3 is 5.32 Å². The summed E-state index contributed by atoms with van der Waals surface area (Å²) < 4.78 is 0. The van der Waals surface area contributed by atoms with Crippen LogP contribution in [-0.2, 0) is 10.5 Å². The molecule has 0 unspecified atom stereocenters. The Labute approximate surface area is 138 Å². The summed E-state index contributed by atoms with van der Waals surface area (Å²) in [4.78, 5) is 17.7. The van der Waals surface area contributed by atoms with Crippen molar-refractivity contribution in [3.8, 4) is 9.88 Å². The predicted octanol–water partition coefficient (Wildman–Crippen LogP) is 4.41. The van der Waals surface area contributed by atoms with Gasteiger partial charge in [-0.15, -0.1) is 34.4 Å². The Bertz CT molecular complexity index is 576. The van der Waals surface area contributed by atoms with Gasteiger partial charge >= 0.3 is 0 Å². The zero-order valence-electron chi connectivity index (χ0n) is 12.5. The average molecular weight is 341 g/mol. The Morgan fingerprint density at radius 2 is 2.24 bits per heavy atom. The van der Waals surface area contributed by atoms with E-state index in [2.05, 4.69) is 34.1 Å². The maximum Gasteiger partial charge on any atom is 0.230 e. The lowest BCUT2D eigenvalue weighted by atomic mass is 10.0. The second-order valence-corrected chi connectivity index (χ2v) is 8.19. The second kappa shape index (κ2) is 7.42. The topological polar surface area (TPSA) is 42.0 Å². The number of carbonyl (C=O) groups excluding carboxylic acids is 1. The summed E-state index contributed by atoms with van der Waals surface area (Å²) in [6, 6.07) is 4.12. The molecule has 0 saturated carbocycles. The number of hydrogen-bond donors (Lipinski definition) is 1. The first-order valence-electron chi connectivity index (χ1n) is 6.87. The Morgan fingerprint density at radius 3 is 2.90 bits per heavy atom. The zero-order chi connectivity index (χ0) is 15.3. The van der Waals surface area contributed by atoms with E-state index in [1.807, 2.05) is 19.9 Å². The molecular formula is C15H20N2OS3. The van der Waals surface area contributed by atoms with E-state index in [9.17, 15) is 4.79 Å². The molecule has 0 radical (unpaired) electrons. The third kappa shape index (κ3) is 5.13. The first-order valence-corrected chi connectivity index (χ1v) is 9.78. The van der Waals surface area contributed by atoms with Gasteiger partial charge in [0.25, 0.3) is 0 Å². The van der Waals surface area contributed by atoms with Crippen LogP contribution in [0.5, 0.6) is 0 Å². The van der Waals surface area contributed by atoms with Gasteiger partial charge in [0, 0.05) is 16.7 Å². The highest BCUT2D eigenvalue weighted by molar-refractivity contribution is 7.99. The van der Waals surface area contributed by atoms with Crippen molar-refractivity contribution in [2.45, 2.75) is 38.5 Å². The summed E-state index contributed by atoms with van der Waals surface area (Å²) in [5, 5.41) is 8.25. The van der Waals surface area contributed by atoms with Crippen LogP contribution in [0.2, 0.25) is 0 Å². The minimum Gasteiger partial charge on any atom is -0.351 e. The molecule has 0 saturated heterocycles. The molecule has 0 aromatic carbocycles. The van der Waals surface area contributed by atoms with Crippen LogP contribution in [0.25, 0.3) is 9.88 Å². The van der Waals surface area contributed by atoms with E-state index in [0.29, 0.717) is 5.75 Å². The number of hydrogen-bond acceptors (Lipinski definition) is 5. The first-order chi connectivity index (χ1) is 10.00. The van der Waals surface area contributed by atoms with Gasteiger partial charge in [-0.25, -0.2) is 4.98 Å². The van der Waals surface area contributed by atoms with Crippen LogP contribution in [0.1, 0.15) is 32.9 Å². The van der Waals surface area contributed by atoms with Gasteiger partial charge in [-0.1, -0.05) is 13.0 Å². The fraction of sp³-hybridized carbons (Fsp3) is 0.467. The summed E-state index contributed by atoms with van der Waals surface area (Å²) in [7, 11) is 0. The fourth-order valence-corrected chi connectivity index (χ4v) is 4.09. The molecule has 3 nitrogen and oxygen atoms in total. The van der Waals surface area contributed by atoms with E-state index in [1.54, 1.807) is 34.4 Å². The second-order valence-electron chi connectivity index (χ2n) is 5.40. The van der Waals surface area contributed by atoms with Crippen molar-refractivity contribution in [2.75, 3.05) is 5.75 Å². The van der Waals surface area contributed by atoms with Crippen LogP contribution in [0.3, 0.4) is 0 Å². The van der Waals surface area contributed by atoms with Gasteiger partial charge in [0.05, 0.1) is 16.3 Å². The molecule has 21 heavy (non-hydrogen) atoms. The summed E-state index contributed by atoms with van der Waals surface area (Å²) in [6.07, 6.45) is 0.930. The summed E-state index contributed by atoms with van der Waals surface area (Å²) in [5.74, 6) is 1.36. The Kier molecular flexibility index (Phi) is 5.84. The lowest BCUT2D eigenvalue weighted by Crippen LogP contribution is -2.43. The van der Waals surface area contributed by atoms with Crippen molar-refractivity contribution in [2.24, 2.45) is 0 Å². The molecule has 0 bridgehead atoms. The normalized spacial score (nSPS) is 11.6. The molecule has 0 aliphatic heterocycles. The number of thioether (sulfide) groups is 1. The van der Waals surface area contributed by atoms with E-state index in [-0.39, 0.29) is 11.4 Å². The minimum atomic E-state index is -0.120. The Balaban J connectivity index is 1.78. The highest BCUT2D eigenvalue weighted by atomic mass is 32.2. The van der Waals surface area contributed by atoms with E-state index in [0.717, 1.165) is 22.9 Å². The number of nitrogens with one attached hydrogen (secondary N) is 1. The zero-order valence-corrected chi connectivity index (χ0v) is 15.0. The molecule has 0 aliphatic rings. The molecule has 1 amide bonds. The highest BCUT2D eigenvalue weighted by Gasteiger charge is 2.17. The number of carbonyl (C=O) groups is 1. The maximum atomic E-state index is 11.9. The van der Waals surface area contributed by atoms with Gasteiger partial charge in [-0.3, -0.25) is 4.79 Å². The third-order valence-corrected chi connectivity index (χ3v) is 6.02. The summed E-state index contributed by atoms with van der Waals surface area (Å²) >= 11 is 4.98. The van der Waals surface area contributed by atoms with Gasteiger partial charge in [0.15, 0.2) is 0 Å². The van der Waals surface area contributed by atoms with Crippen LogP contribution < -0.4 is 5.32 Å². The smallest absolute Gasteiger partial charge is 0.230 e. The van der Waals surface area contributed by atoms with Crippen LogP contribution in [0, 0.1) is 0 Å². The van der Waals surface area contributed by atoms with Crippen molar-refractivity contribution in [3.05, 3.63) is 28.6 Å². The number of rotatable bonds is 7. The molecular weight excluding hydrogens is 320 g/mol. The lowest BCUT2D eigenvalue weighted by molar-refractivity contribution is -0.120. The monoisotopic (exact) mass is 340 g/mol. The number of thiophene rings is 1. The standard InChI is InChI=1S/C15H20N2OS3/c1-4-15(2,3)17-13(18)10-19-8-11-9-21-14(16-11)12-6-5-7-20-12/h5-7,9H,4,8,10H2,1-3H3,(H,17,18). The Hall–Kier alpha value is -0.850. The Morgan fingerprint density at radius 1 is 1.43 bits per heavy atom. The fourth-order valence-electron chi connectivity index (χ4n) is 1.64. The summed E-state index contributed by atoms with van der Waals surface area (Å²) in [5.41, 5.74) is 0.931. The van der Waals surface area contributed by atoms with E-state index < -0.39 is 0 Å². The molecule has 6 heteroatoms. The molecule has 2 aromatic heterocycles.